The zero-order chi connectivity index (χ0) is 37.4. The maximum absolute atomic E-state index is 13.6. The molecule has 278 valence electrons. The largest absolute Gasteiger partial charge is 0.493 e. The number of hydrogen-bond donors (Lipinski definition) is 0. The number of aliphatic imine (C=N–C) groups is 2. The van der Waals surface area contributed by atoms with Crippen molar-refractivity contribution in [1.82, 2.24) is 4.90 Å². The van der Waals surface area contributed by atoms with Gasteiger partial charge in [0.2, 0.25) is 0 Å². The highest BCUT2D eigenvalue weighted by Gasteiger charge is 2.41. The first-order chi connectivity index (χ1) is 25.4. The topological polar surface area (TPSA) is 99.0 Å². The number of amides is 1. The first-order valence-corrected chi connectivity index (χ1v) is 18.8. The van der Waals surface area contributed by atoms with Crippen LogP contribution >= 0.6 is 0 Å². The molecule has 0 N–H and O–H groups in total. The van der Waals surface area contributed by atoms with Gasteiger partial charge in [-0.2, -0.15) is 0 Å². The standard InChI is InChI=1S/C44H51N3O6/c1-26(2)32-14-30(23-52-41-18-36-34(16-39(41)50-6)38(48)9-8-28-10-27(3)11-29(12-28)21-45-36)13-31(15-32)24-53-42-19-37-35(17-40(42)51-7)43(49)47-25-44(4,5)20-33(47)22-46-37/h13-19,21-22,26,28-29,33H,3,8-12,20,23-25H2,1-2,4-7H3/b45-21-/t28?,29-,33+/m1/s1. The lowest BCUT2D eigenvalue weighted by Crippen LogP contribution is -2.36. The summed E-state index contributed by atoms with van der Waals surface area (Å²) >= 11 is 0. The van der Waals surface area contributed by atoms with Gasteiger partial charge in [0.05, 0.1) is 37.2 Å². The second-order valence-corrected chi connectivity index (χ2v) is 16.3. The van der Waals surface area contributed by atoms with Crippen LogP contribution in [0.3, 0.4) is 0 Å². The number of benzene rings is 3. The summed E-state index contributed by atoms with van der Waals surface area (Å²) in [7, 11) is 3.18. The van der Waals surface area contributed by atoms with E-state index in [1.54, 1.807) is 32.4 Å². The van der Waals surface area contributed by atoms with Crippen LogP contribution in [0.5, 0.6) is 23.0 Å². The maximum Gasteiger partial charge on any atom is 0.256 e. The summed E-state index contributed by atoms with van der Waals surface area (Å²) in [6.45, 7) is 14.2. The molecule has 3 aromatic rings. The Kier molecular flexibility index (Phi) is 10.2. The molecule has 3 aromatic carbocycles. The molecule has 2 bridgehead atoms. The molecule has 0 aromatic heterocycles. The van der Waals surface area contributed by atoms with Crippen molar-refractivity contribution < 1.29 is 28.5 Å². The van der Waals surface area contributed by atoms with Crippen LogP contribution in [0.2, 0.25) is 0 Å². The predicted octanol–water partition coefficient (Wildman–Crippen LogP) is 9.59. The molecule has 1 saturated heterocycles. The molecule has 1 amide bonds. The SMILES string of the molecule is C=C1CC2CCC(=O)c3cc(OC)c(OCc4cc(COc5cc6c(cc5OC)C(=O)N5CC(C)(C)C[C@H]5C=N6)cc(C(C)C)c4)cc3/N=C\[C@H](C1)C2. The molecule has 0 spiro atoms. The van der Waals surface area contributed by atoms with Gasteiger partial charge in [-0.15, -0.1) is 0 Å². The van der Waals surface area contributed by atoms with E-state index in [0.29, 0.717) is 70.3 Å². The third-order valence-corrected chi connectivity index (χ3v) is 11.0. The van der Waals surface area contributed by atoms with E-state index >= 15 is 0 Å². The summed E-state index contributed by atoms with van der Waals surface area (Å²) in [5, 5.41) is 0. The van der Waals surface area contributed by atoms with Gasteiger partial charge in [-0.25, -0.2) is 0 Å². The lowest BCUT2D eigenvalue weighted by Gasteiger charge is -2.29. The molecule has 9 heteroatoms. The Balaban J connectivity index is 1.11. The number of ether oxygens (including phenoxy) is 4. The van der Waals surface area contributed by atoms with Crippen molar-refractivity contribution in [2.75, 3.05) is 20.8 Å². The molecule has 7 rings (SSSR count). The maximum atomic E-state index is 13.6. The third-order valence-electron chi connectivity index (χ3n) is 11.0. The van der Waals surface area contributed by atoms with Crippen molar-refractivity contribution in [2.24, 2.45) is 27.2 Å². The first kappa shape index (κ1) is 36.4. The van der Waals surface area contributed by atoms with Crippen LogP contribution in [0.4, 0.5) is 11.4 Å². The highest BCUT2D eigenvalue weighted by Crippen LogP contribution is 2.43. The molecule has 0 radical (unpaired) electrons. The minimum atomic E-state index is -0.0354. The molecule has 3 atom stereocenters. The van der Waals surface area contributed by atoms with Gasteiger partial charge in [-0.1, -0.05) is 52.0 Å². The smallest absolute Gasteiger partial charge is 0.256 e. The van der Waals surface area contributed by atoms with E-state index in [9.17, 15) is 9.59 Å². The van der Waals surface area contributed by atoms with Crippen LogP contribution in [0.1, 0.15) is 110 Å². The van der Waals surface area contributed by atoms with E-state index in [2.05, 4.69) is 52.5 Å². The normalized spacial score (nSPS) is 22.4. The van der Waals surface area contributed by atoms with Crippen LogP contribution in [0, 0.1) is 17.3 Å². The van der Waals surface area contributed by atoms with E-state index in [0.717, 1.165) is 48.8 Å². The van der Waals surface area contributed by atoms with Gasteiger partial charge < -0.3 is 23.8 Å². The van der Waals surface area contributed by atoms with Crippen molar-refractivity contribution in [3.05, 3.63) is 82.4 Å². The van der Waals surface area contributed by atoms with E-state index < -0.39 is 0 Å². The monoisotopic (exact) mass is 717 g/mol. The Morgan fingerprint density at radius 1 is 0.830 bits per heavy atom. The molecule has 9 nitrogen and oxygen atoms in total. The molecule has 3 heterocycles. The number of Topliss-reactive ketones (excluding diaryl/α,β-unsaturated/α-hetero) is 1. The van der Waals surface area contributed by atoms with Crippen LogP contribution in [-0.4, -0.2) is 55.8 Å². The van der Waals surface area contributed by atoms with Crippen molar-refractivity contribution in [3.63, 3.8) is 0 Å². The molecule has 1 aliphatic carbocycles. The summed E-state index contributed by atoms with van der Waals surface area (Å²) in [6, 6.07) is 13.5. The average molecular weight is 718 g/mol. The second-order valence-electron chi connectivity index (χ2n) is 16.3. The van der Waals surface area contributed by atoms with Crippen molar-refractivity contribution in [3.8, 4) is 23.0 Å². The summed E-state index contributed by atoms with van der Waals surface area (Å²) in [5.74, 6) is 3.13. The van der Waals surface area contributed by atoms with Gasteiger partial charge >= 0.3 is 0 Å². The highest BCUT2D eigenvalue weighted by molar-refractivity contribution is 6.04. The van der Waals surface area contributed by atoms with Gasteiger partial charge in [-0.05, 0) is 90.2 Å². The predicted molar refractivity (Wildman–Crippen MR) is 208 cm³/mol. The Morgan fingerprint density at radius 3 is 2.09 bits per heavy atom. The molecule has 1 saturated carbocycles. The number of fused-ring (bicyclic) bond motifs is 5. The summed E-state index contributed by atoms with van der Waals surface area (Å²) in [6.07, 6.45) is 9.05. The van der Waals surface area contributed by atoms with Crippen molar-refractivity contribution >= 4 is 35.5 Å². The molecule has 4 aliphatic rings. The van der Waals surface area contributed by atoms with Gasteiger partial charge in [0, 0.05) is 43.1 Å². The number of nitrogens with zero attached hydrogens (tertiary/aromatic N) is 3. The Hall–Kier alpha value is -4.92. The fourth-order valence-electron chi connectivity index (χ4n) is 8.31. The number of carbonyl (C=O) groups is 2. The number of allylic oxidation sites excluding steroid dienone is 1. The van der Waals surface area contributed by atoms with Gasteiger partial charge in [-0.3, -0.25) is 19.6 Å². The number of rotatable bonds is 9. The van der Waals surface area contributed by atoms with Gasteiger partial charge in [0.25, 0.3) is 5.91 Å². The lowest BCUT2D eigenvalue weighted by atomic mass is 9.77. The molecular formula is C44H51N3O6. The quantitative estimate of drug-likeness (QED) is 0.205. The molecule has 1 unspecified atom stereocenters. The van der Waals surface area contributed by atoms with Gasteiger partial charge in [0.15, 0.2) is 28.8 Å². The van der Waals surface area contributed by atoms with E-state index in [-0.39, 0.29) is 42.3 Å². The molecule has 2 fully saturated rings. The van der Waals surface area contributed by atoms with Crippen molar-refractivity contribution in [1.29, 1.82) is 0 Å². The third kappa shape index (κ3) is 7.90. The minimum Gasteiger partial charge on any atom is -0.493 e. The fourth-order valence-corrected chi connectivity index (χ4v) is 8.31. The van der Waals surface area contributed by atoms with Crippen LogP contribution in [-0.2, 0) is 13.2 Å². The summed E-state index contributed by atoms with van der Waals surface area (Å²) < 4.78 is 24.3. The minimum absolute atomic E-state index is 0.0279. The van der Waals surface area contributed by atoms with E-state index in [1.807, 2.05) is 23.4 Å². The first-order valence-electron chi connectivity index (χ1n) is 18.8. The van der Waals surface area contributed by atoms with Crippen molar-refractivity contribution in [2.45, 2.75) is 91.4 Å². The molecule has 53 heavy (non-hydrogen) atoms. The van der Waals surface area contributed by atoms with Crippen LogP contribution in [0.15, 0.2) is 64.6 Å². The van der Waals surface area contributed by atoms with E-state index in [4.69, 9.17) is 28.9 Å². The molecule has 3 aliphatic heterocycles. The summed E-state index contributed by atoms with van der Waals surface area (Å²) in [4.78, 5) is 38.5. The number of carbonyl (C=O) groups excluding carboxylic acids is 2. The Labute approximate surface area is 313 Å². The fraction of sp³-hybridized carbons (Fsp3) is 0.455. The van der Waals surface area contributed by atoms with Gasteiger partial charge in [0.1, 0.15) is 13.2 Å². The Bertz CT molecular complexity index is 1990. The van der Waals surface area contributed by atoms with Crippen LogP contribution < -0.4 is 18.9 Å². The lowest BCUT2D eigenvalue weighted by molar-refractivity contribution is 0.0761. The highest BCUT2D eigenvalue weighted by atomic mass is 16.5. The molecular weight excluding hydrogens is 666 g/mol. The summed E-state index contributed by atoms with van der Waals surface area (Å²) in [5.41, 5.74) is 6.64. The average Bonchev–Trinajstić information content (AvgIpc) is 3.40. The zero-order valence-electron chi connectivity index (χ0n) is 31.9. The number of ketones is 1. The number of hydrogen-bond acceptors (Lipinski definition) is 8. The second kappa shape index (κ2) is 14.8. The van der Waals surface area contributed by atoms with E-state index in [1.165, 1.54) is 5.57 Å². The Morgan fingerprint density at radius 2 is 1.45 bits per heavy atom. The van der Waals surface area contributed by atoms with Crippen LogP contribution in [0.25, 0.3) is 0 Å². The number of methoxy groups -OCH3 is 2. The zero-order valence-corrected chi connectivity index (χ0v) is 31.9.